The Balaban J connectivity index is 1.84. The van der Waals surface area contributed by atoms with Crippen LogP contribution >= 0.6 is 0 Å². The zero-order chi connectivity index (χ0) is 19.9. The molecule has 6 nitrogen and oxygen atoms in total. The number of carboxylic acid groups (broad SMARTS) is 1. The largest absolute Gasteiger partial charge is 0.491 e. The summed E-state index contributed by atoms with van der Waals surface area (Å²) in [5.41, 5.74) is -0.00608. The van der Waals surface area contributed by atoms with Crippen molar-refractivity contribution >= 4 is 17.7 Å². The van der Waals surface area contributed by atoms with E-state index in [1.165, 1.54) is 0 Å². The third-order valence-corrected chi connectivity index (χ3v) is 4.73. The molecular weight excluding hydrogens is 346 g/mol. The van der Waals surface area contributed by atoms with Gasteiger partial charge in [-0.05, 0) is 64.5 Å². The van der Waals surface area contributed by atoms with Crippen molar-refractivity contribution in [2.45, 2.75) is 64.9 Å². The summed E-state index contributed by atoms with van der Waals surface area (Å²) in [6.07, 6.45) is 4.99. The fraction of sp³-hybridized carbons (Fsp3) is 0.619. The fourth-order valence-electron chi connectivity index (χ4n) is 3.52. The highest BCUT2D eigenvalue weighted by atomic mass is 16.6. The van der Waals surface area contributed by atoms with E-state index in [9.17, 15) is 14.7 Å². The summed E-state index contributed by atoms with van der Waals surface area (Å²) in [6.45, 7) is 5.91. The van der Waals surface area contributed by atoms with Crippen LogP contribution in [0, 0.1) is 11.8 Å². The minimum atomic E-state index is -0.674. The van der Waals surface area contributed by atoms with Crippen LogP contribution in [0.4, 0.5) is 10.5 Å². The van der Waals surface area contributed by atoms with Crippen LogP contribution in [0.2, 0.25) is 0 Å². The number of carbonyl (C=O) groups is 2. The van der Waals surface area contributed by atoms with Gasteiger partial charge in [-0.15, -0.1) is 0 Å². The molecule has 2 unspecified atom stereocenters. The number of para-hydroxylation sites is 2. The lowest BCUT2D eigenvalue weighted by atomic mass is 9.77. The predicted octanol–water partition coefficient (Wildman–Crippen LogP) is 5.08. The number of hydrogen-bond acceptors (Lipinski definition) is 4. The van der Waals surface area contributed by atoms with E-state index in [0.29, 0.717) is 18.0 Å². The molecule has 2 atom stereocenters. The smallest absolute Gasteiger partial charge is 0.412 e. The summed E-state index contributed by atoms with van der Waals surface area (Å²) in [4.78, 5) is 23.4. The molecule has 1 saturated carbocycles. The number of rotatable bonds is 7. The van der Waals surface area contributed by atoms with E-state index in [0.717, 1.165) is 38.5 Å². The Kier molecular flexibility index (Phi) is 7.51. The Labute approximate surface area is 161 Å². The number of hydrogen-bond donors (Lipinski definition) is 2. The van der Waals surface area contributed by atoms with Gasteiger partial charge in [0.2, 0.25) is 0 Å². The van der Waals surface area contributed by atoms with Crippen molar-refractivity contribution in [3.63, 3.8) is 0 Å². The van der Waals surface area contributed by atoms with Crippen LogP contribution in [0.1, 0.15) is 59.3 Å². The second kappa shape index (κ2) is 9.62. The first kappa shape index (κ1) is 21.1. The molecular formula is C21H31NO5. The van der Waals surface area contributed by atoms with E-state index >= 15 is 0 Å². The number of aliphatic carboxylic acids is 1. The number of amides is 1. The highest BCUT2D eigenvalue weighted by Crippen LogP contribution is 2.33. The van der Waals surface area contributed by atoms with Crippen LogP contribution in [0.5, 0.6) is 5.75 Å². The molecule has 1 aromatic carbocycles. The van der Waals surface area contributed by atoms with E-state index in [4.69, 9.17) is 9.47 Å². The van der Waals surface area contributed by atoms with Gasteiger partial charge in [0, 0.05) is 0 Å². The van der Waals surface area contributed by atoms with Gasteiger partial charge < -0.3 is 14.6 Å². The molecule has 1 amide bonds. The summed E-state index contributed by atoms with van der Waals surface area (Å²) in [7, 11) is 0. The van der Waals surface area contributed by atoms with Gasteiger partial charge in [0.1, 0.15) is 11.4 Å². The molecule has 0 bridgehead atoms. The number of nitrogens with one attached hydrogen (secondary N) is 1. The van der Waals surface area contributed by atoms with Crippen molar-refractivity contribution in [1.29, 1.82) is 0 Å². The van der Waals surface area contributed by atoms with Crippen molar-refractivity contribution in [2.75, 3.05) is 11.9 Å². The van der Waals surface area contributed by atoms with Gasteiger partial charge in [0.25, 0.3) is 0 Å². The molecule has 1 aliphatic rings. The number of carboxylic acids is 1. The van der Waals surface area contributed by atoms with Gasteiger partial charge in [0.15, 0.2) is 0 Å². The lowest BCUT2D eigenvalue weighted by Gasteiger charge is -2.28. The summed E-state index contributed by atoms with van der Waals surface area (Å²) in [5, 5.41) is 12.1. The molecule has 0 aromatic heterocycles. The van der Waals surface area contributed by atoms with E-state index in [1.807, 2.05) is 32.9 Å². The quantitative estimate of drug-likeness (QED) is 0.647. The number of anilines is 1. The molecule has 6 heteroatoms. The molecule has 1 fully saturated rings. The molecule has 1 aromatic rings. The lowest BCUT2D eigenvalue weighted by Crippen LogP contribution is -2.27. The van der Waals surface area contributed by atoms with Crippen LogP contribution in [0.15, 0.2) is 24.3 Å². The highest BCUT2D eigenvalue weighted by Gasteiger charge is 2.30. The van der Waals surface area contributed by atoms with Crippen LogP contribution in [-0.2, 0) is 9.53 Å². The number of benzene rings is 1. The van der Waals surface area contributed by atoms with Gasteiger partial charge in [-0.25, -0.2) is 4.79 Å². The minimum Gasteiger partial charge on any atom is -0.491 e. The molecule has 150 valence electrons. The number of carbonyl (C=O) groups excluding carboxylic acids is 1. The summed E-state index contributed by atoms with van der Waals surface area (Å²) in [5.74, 6) is -0.0795. The second-order valence-electron chi connectivity index (χ2n) is 8.10. The van der Waals surface area contributed by atoms with E-state index in [-0.39, 0.29) is 11.8 Å². The predicted molar refractivity (Wildman–Crippen MR) is 104 cm³/mol. The van der Waals surface area contributed by atoms with Gasteiger partial charge >= 0.3 is 12.1 Å². The molecule has 0 saturated heterocycles. The normalized spacial score (nSPS) is 20.0. The summed E-state index contributed by atoms with van der Waals surface area (Å²) >= 11 is 0. The van der Waals surface area contributed by atoms with Gasteiger partial charge in [-0.2, -0.15) is 0 Å². The molecule has 0 radical (unpaired) electrons. The third kappa shape index (κ3) is 7.12. The van der Waals surface area contributed by atoms with Gasteiger partial charge in [-0.3, -0.25) is 10.1 Å². The maximum Gasteiger partial charge on any atom is 0.412 e. The van der Waals surface area contributed by atoms with Crippen LogP contribution in [0.25, 0.3) is 0 Å². The van der Waals surface area contributed by atoms with Crippen molar-refractivity contribution in [3.8, 4) is 5.75 Å². The Morgan fingerprint density at radius 3 is 2.59 bits per heavy atom. The average molecular weight is 377 g/mol. The Morgan fingerprint density at radius 1 is 1.19 bits per heavy atom. The van der Waals surface area contributed by atoms with E-state index in [1.54, 1.807) is 12.1 Å². The van der Waals surface area contributed by atoms with Crippen LogP contribution in [0.3, 0.4) is 0 Å². The van der Waals surface area contributed by atoms with Gasteiger partial charge in [-0.1, -0.05) is 25.0 Å². The second-order valence-corrected chi connectivity index (χ2v) is 8.10. The maximum atomic E-state index is 12.0. The van der Waals surface area contributed by atoms with Crippen LogP contribution < -0.4 is 10.1 Å². The first-order chi connectivity index (χ1) is 12.8. The monoisotopic (exact) mass is 377 g/mol. The lowest BCUT2D eigenvalue weighted by molar-refractivity contribution is -0.145. The molecule has 27 heavy (non-hydrogen) atoms. The standard InChI is InChI=1S/C21H31NO5/c1-21(2,3)27-20(25)22-17-12-6-7-13-18(17)26-14-8-10-15-9-4-5-11-16(15)19(23)24/h6-7,12-13,15-16H,4-5,8-11,14H2,1-3H3,(H,22,25)(H,23,24). The number of ether oxygens (including phenoxy) is 2. The highest BCUT2D eigenvalue weighted by molar-refractivity contribution is 5.86. The first-order valence-corrected chi connectivity index (χ1v) is 9.71. The Hall–Kier alpha value is -2.24. The Bertz CT molecular complexity index is 638. The molecule has 2 rings (SSSR count). The SMILES string of the molecule is CC(C)(C)OC(=O)Nc1ccccc1OCCCC1CCCCC1C(=O)O. The van der Waals surface area contributed by atoms with Crippen molar-refractivity contribution in [3.05, 3.63) is 24.3 Å². The summed E-state index contributed by atoms with van der Waals surface area (Å²) < 4.78 is 11.1. The zero-order valence-electron chi connectivity index (χ0n) is 16.5. The Morgan fingerprint density at radius 2 is 1.89 bits per heavy atom. The average Bonchev–Trinajstić information content (AvgIpc) is 2.58. The molecule has 2 N–H and O–H groups in total. The van der Waals surface area contributed by atoms with Crippen molar-refractivity contribution in [1.82, 2.24) is 0 Å². The van der Waals surface area contributed by atoms with E-state index in [2.05, 4.69) is 5.32 Å². The summed E-state index contributed by atoms with van der Waals surface area (Å²) in [6, 6.07) is 7.23. The first-order valence-electron chi connectivity index (χ1n) is 9.71. The van der Waals surface area contributed by atoms with Crippen molar-refractivity contribution in [2.24, 2.45) is 11.8 Å². The zero-order valence-corrected chi connectivity index (χ0v) is 16.5. The minimum absolute atomic E-state index is 0.222. The topological polar surface area (TPSA) is 84.9 Å². The molecule has 0 spiro atoms. The van der Waals surface area contributed by atoms with Gasteiger partial charge in [0.05, 0.1) is 18.2 Å². The van der Waals surface area contributed by atoms with Crippen LogP contribution in [-0.4, -0.2) is 29.4 Å². The molecule has 0 aliphatic heterocycles. The fourth-order valence-corrected chi connectivity index (χ4v) is 3.52. The van der Waals surface area contributed by atoms with Crippen molar-refractivity contribution < 1.29 is 24.2 Å². The van der Waals surface area contributed by atoms with E-state index < -0.39 is 17.7 Å². The molecule has 1 aliphatic carbocycles. The maximum absolute atomic E-state index is 12.0. The third-order valence-electron chi connectivity index (χ3n) is 4.73. The molecule has 0 heterocycles.